The van der Waals surface area contributed by atoms with E-state index in [4.69, 9.17) is 15.2 Å². The standard InChI is InChI=1S/C23H20N6O4/c1-28-26-16-10-9-14(11-17(16)27-28)29-20(23(31)33-3)19(22(30)32-2)18(15(12-24)21(29)25)13-7-5-4-6-8-13/h4-11,18H,25H2,1-3H3. The maximum atomic E-state index is 13.0. The van der Waals surface area contributed by atoms with Gasteiger partial charge in [0.15, 0.2) is 0 Å². The highest BCUT2D eigenvalue weighted by atomic mass is 16.5. The minimum atomic E-state index is -0.922. The molecule has 1 aromatic heterocycles. The van der Waals surface area contributed by atoms with Gasteiger partial charge in [-0.1, -0.05) is 30.3 Å². The van der Waals surface area contributed by atoms with Crippen LogP contribution in [0.4, 0.5) is 5.69 Å². The lowest BCUT2D eigenvalue weighted by Gasteiger charge is -2.35. The van der Waals surface area contributed by atoms with E-state index in [9.17, 15) is 14.9 Å². The molecule has 10 nitrogen and oxygen atoms in total. The van der Waals surface area contributed by atoms with E-state index in [0.717, 1.165) is 0 Å². The largest absolute Gasteiger partial charge is 0.466 e. The van der Waals surface area contributed by atoms with Crippen LogP contribution < -0.4 is 10.6 Å². The zero-order chi connectivity index (χ0) is 23.7. The zero-order valence-corrected chi connectivity index (χ0v) is 18.1. The molecule has 0 bridgehead atoms. The smallest absolute Gasteiger partial charge is 0.355 e. The quantitative estimate of drug-likeness (QED) is 0.598. The first kappa shape index (κ1) is 21.6. The summed E-state index contributed by atoms with van der Waals surface area (Å²) >= 11 is 0. The van der Waals surface area contributed by atoms with Crippen LogP contribution in [0, 0.1) is 11.3 Å². The maximum absolute atomic E-state index is 13.0. The van der Waals surface area contributed by atoms with E-state index in [1.54, 1.807) is 55.6 Å². The maximum Gasteiger partial charge on any atom is 0.355 e. The van der Waals surface area contributed by atoms with Crippen molar-refractivity contribution in [2.24, 2.45) is 12.8 Å². The minimum absolute atomic E-state index is 0.0114. The van der Waals surface area contributed by atoms with Gasteiger partial charge in [0.1, 0.15) is 22.6 Å². The van der Waals surface area contributed by atoms with Gasteiger partial charge in [0.05, 0.1) is 43.0 Å². The number of allylic oxidation sites excluding steroid dienone is 1. The van der Waals surface area contributed by atoms with Gasteiger partial charge < -0.3 is 15.2 Å². The fourth-order valence-corrected chi connectivity index (χ4v) is 3.93. The number of esters is 2. The Labute approximate surface area is 189 Å². The van der Waals surface area contributed by atoms with Crippen molar-refractivity contribution in [2.75, 3.05) is 19.1 Å². The molecule has 2 aromatic carbocycles. The number of benzene rings is 2. The number of hydrogen-bond acceptors (Lipinski definition) is 9. The molecule has 0 amide bonds. The molecule has 0 aliphatic carbocycles. The average Bonchev–Trinajstić information content (AvgIpc) is 3.21. The van der Waals surface area contributed by atoms with Crippen molar-refractivity contribution >= 4 is 28.7 Å². The molecule has 0 saturated carbocycles. The number of carbonyl (C=O) groups is 2. The van der Waals surface area contributed by atoms with Crippen molar-refractivity contribution in [3.05, 3.63) is 76.8 Å². The molecule has 3 aromatic rings. The van der Waals surface area contributed by atoms with Crippen molar-refractivity contribution < 1.29 is 19.1 Å². The predicted molar refractivity (Wildman–Crippen MR) is 118 cm³/mol. The lowest BCUT2D eigenvalue weighted by atomic mass is 9.81. The molecule has 10 heteroatoms. The molecule has 0 fully saturated rings. The van der Waals surface area contributed by atoms with E-state index < -0.39 is 17.9 Å². The summed E-state index contributed by atoms with van der Waals surface area (Å²) in [5.41, 5.74) is 8.54. The number of nitrogens with two attached hydrogens (primary N) is 1. The Kier molecular flexibility index (Phi) is 5.54. The van der Waals surface area contributed by atoms with Crippen LogP contribution in [0.15, 0.2) is 71.2 Å². The first-order valence-corrected chi connectivity index (χ1v) is 9.88. The number of rotatable bonds is 4. The van der Waals surface area contributed by atoms with Crippen LogP contribution in [0.5, 0.6) is 0 Å². The van der Waals surface area contributed by atoms with Crippen molar-refractivity contribution in [3.63, 3.8) is 0 Å². The third-order valence-corrected chi connectivity index (χ3v) is 5.33. The molecule has 2 heterocycles. The summed E-state index contributed by atoms with van der Waals surface area (Å²) in [6, 6.07) is 16.0. The van der Waals surface area contributed by atoms with Crippen LogP contribution in [0.2, 0.25) is 0 Å². The number of nitrogens with zero attached hydrogens (tertiary/aromatic N) is 5. The second-order valence-electron chi connectivity index (χ2n) is 7.20. The first-order valence-electron chi connectivity index (χ1n) is 9.88. The van der Waals surface area contributed by atoms with Crippen molar-refractivity contribution in [1.29, 1.82) is 5.26 Å². The van der Waals surface area contributed by atoms with Gasteiger partial charge in [-0.05, 0) is 23.8 Å². The van der Waals surface area contributed by atoms with Crippen LogP contribution in [-0.4, -0.2) is 41.2 Å². The Morgan fingerprint density at radius 2 is 1.70 bits per heavy atom. The highest BCUT2D eigenvalue weighted by Gasteiger charge is 2.43. The first-order chi connectivity index (χ1) is 15.9. The molecule has 4 rings (SSSR count). The number of nitriles is 1. The number of fused-ring (bicyclic) bond motifs is 1. The van der Waals surface area contributed by atoms with Gasteiger partial charge in [-0.2, -0.15) is 20.3 Å². The third-order valence-electron chi connectivity index (χ3n) is 5.33. The van der Waals surface area contributed by atoms with E-state index in [1.807, 2.05) is 0 Å². The zero-order valence-electron chi connectivity index (χ0n) is 18.1. The van der Waals surface area contributed by atoms with E-state index in [0.29, 0.717) is 22.3 Å². The molecule has 1 aliphatic rings. The van der Waals surface area contributed by atoms with Crippen LogP contribution in [-0.2, 0) is 26.1 Å². The van der Waals surface area contributed by atoms with Gasteiger partial charge >= 0.3 is 11.9 Å². The average molecular weight is 444 g/mol. The topological polar surface area (TPSA) is 136 Å². The number of hydrogen-bond donors (Lipinski definition) is 1. The summed E-state index contributed by atoms with van der Waals surface area (Å²) in [5, 5.41) is 18.6. The van der Waals surface area contributed by atoms with Crippen LogP contribution in [0.25, 0.3) is 11.0 Å². The molecule has 1 unspecified atom stereocenters. The summed E-state index contributed by atoms with van der Waals surface area (Å²) in [6.45, 7) is 0. The Morgan fingerprint density at radius 3 is 2.33 bits per heavy atom. The summed E-state index contributed by atoms with van der Waals surface area (Å²) in [6.07, 6.45) is 0. The van der Waals surface area contributed by atoms with Crippen molar-refractivity contribution in [2.45, 2.75) is 5.92 Å². The molecule has 1 aliphatic heterocycles. The lowest BCUT2D eigenvalue weighted by Crippen LogP contribution is -2.40. The van der Waals surface area contributed by atoms with E-state index >= 15 is 0 Å². The Bertz CT molecular complexity index is 1370. The van der Waals surface area contributed by atoms with Gasteiger partial charge in [-0.3, -0.25) is 4.90 Å². The van der Waals surface area contributed by atoms with Gasteiger partial charge in [-0.25, -0.2) is 9.59 Å². The Morgan fingerprint density at radius 1 is 1.03 bits per heavy atom. The number of aromatic nitrogens is 3. The Hall–Kier alpha value is -4.65. The van der Waals surface area contributed by atoms with Gasteiger partial charge in [-0.15, -0.1) is 0 Å². The van der Waals surface area contributed by atoms with Crippen LogP contribution in [0.3, 0.4) is 0 Å². The summed E-state index contributed by atoms with van der Waals surface area (Å²) in [4.78, 5) is 28.8. The lowest BCUT2D eigenvalue weighted by molar-refractivity contribution is -0.139. The predicted octanol–water partition coefficient (Wildman–Crippen LogP) is 1.87. The van der Waals surface area contributed by atoms with Crippen LogP contribution in [0.1, 0.15) is 11.5 Å². The molecule has 1 atom stereocenters. The normalized spacial score (nSPS) is 16.1. The molecular formula is C23H20N6O4. The third kappa shape index (κ3) is 3.55. The fraction of sp³-hybridized carbons (Fsp3) is 0.174. The Balaban J connectivity index is 2.06. The monoisotopic (exact) mass is 444 g/mol. The molecule has 0 spiro atoms. The van der Waals surface area contributed by atoms with Crippen molar-refractivity contribution in [1.82, 2.24) is 15.0 Å². The number of carbonyl (C=O) groups excluding carboxylic acids is 2. The van der Waals surface area contributed by atoms with E-state index in [2.05, 4.69) is 16.3 Å². The van der Waals surface area contributed by atoms with Gasteiger partial charge in [0, 0.05) is 7.05 Å². The fourth-order valence-electron chi connectivity index (χ4n) is 3.93. The molecule has 0 radical (unpaired) electrons. The number of methoxy groups -OCH3 is 2. The SMILES string of the molecule is COC(=O)C1=C(C(=O)OC)N(c2ccc3nn(C)nc3c2)C(N)=C(C#N)C1c1ccccc1. The minimum Gasteiger partial charge on any atom is -0.466 e. The van der Waals surface area contributed by atoms with E-state index in [-0.39, 0.29) is 22.7 Å². The number of anilines is 1. The highest BCUT2D eigenvalue weighted by Crippen LogP contribution is 2.43. The second-order valence-corrected chi connectivity index (χ2v) is 7.20. The van der Waals surface area contributed by atoms with Gasteiger partial charge in [0.25, 0.3) is 0 Å². The second kappa shape index (κ2) is 8.47. The van der Waals surface area contributed by atoms with Crippen molar-refractivity contribution in [3.8, 4) is 6.07 Å². The molecule has 2 N–H and O–H groups in total. The molecular weight excluding hydrogens is 424 g/mol. The summed E-state index contributed by atoms with van der Waals surface area (Å²) in [5.74, 6) is -2.53. The number of ether oxygens (including phenoxy) is 2. The highest BCUT2D eigenvalue weighted by molar-refractivity contribution is 6.06. The summed E-state index contributed by atoms with van der Waals surface area (Å²) in [7, 11) is 4.09. The molecule has 0 saturated heterocycles. The van der Waals surface area contributed by atoms with Gasteiger partial charge in [0.2, 0.25) is 0 Å². The molecule has 166 valence electrons. The van der Waals surface area contributed by atoms with E-state index in [1.165, 1.54) is 23.9 Å². The molecule has 33 heavy (non-hydrogen) atoms. The summed E-state index contributed by atoms with van der Waals surface area (Å²) < 4.78 is 10.0. The number of aryl methyl sites for hydroxylation is 1. The van der Waals surface area contributed by atoms with Crippen LogP contribution >= 0.6 is 0 Å².